The minimum atomic E-state index is -2.24. The maximum Gasteiger partial charge on any atom is 0.348 e. The largest absolute Gasteiger partial charge is 0.504 e. The standard InChI is InChI=1S/C28H30O11/c1-12-14-9-16-27-11-37-28(25(35)36-3,22(32)18(31)20(27)26(14,2)10-15(29)17(12)30)21(27)19(24(34)38-16)39-23(33)13-7-5-4-6-8-13/h4-8,14,16,18-22,30-32H,9-11H2,1-3H3/t14?,16-,18-,19-,20?,21-,22+,26+,27-,28+/m1/s1. The molecule has 11 heteroatoms. The van der Waals surface area contributed by atoms with Crippen LogP contribution in [-0.2, 0) is 33.3 Å². The number of aliphatic hydroxyl groups is 3. The lowest BCUT2D eigenvalue weighted by atomic mass is 9.38. The Bertz CT molecular complexity index is 1310. The lowest BCUT2D eigenvalue weighted by Gasteiger charge is -2.67. The highest BCUT2D eigenvalue weighted by atomic mass is 16.6. The normalized spacial score (nSPS) is 44.2. The van der Waals surface area contributed by atoms with Crippen molar-refractivity contribution in [2.75, 3.05) is 13.7 Å². The van der Waals surface area contributed by atoms with E-state index in [9.17, 15) is 34.5 Å². The van der Waals surface area contributed by atoms with Gasteiger partial charge in [0.2, 0.25) is 11.7 Å². The Morgan fingerprint density at radius 3 is 2.46 bits per heavy atom. The van der Waals surface area contributed by atoms with E-state index >= 15 is 0 Å². The van der Waals surface area contributed by atoms with E-state index in [-0.39, 0.29) is 30.8 Å². The summed E-state index contributed by atoms with van der Waals surface area (Å²) in [6.07, 6.45) is -6.07. The van der Waals surface area contributed by atoms with Gasteiger partial charge in [-0.25, -0.2) is 14.4 Å². The van der Waals surface area contributed by atoms with Crippen LogP contribution >= 0.6 is 0 Å². The summed E-state index contributed by atoms with van der Waals surface area (Å²) in [5.74, 6) is -6.38. The van der Waals surface area contributed by atoms with Gasteiger partial charge in [-0.3, -0.25) is 4.79 Å². The van der Waals surface area contributed by atoms with Gasteiger partial charge in [0.1, 0.15) is 12.2 Å². The van der Waals surface area contributed by atoms with Crippen LogP contribution in [0.3, 0.4) is 0 Å². The first-order chi connectivity index (χ1) is 18.4. The topological polar surface area (TPSA) is 166 Å². The van der Waals surface area contributed by atoms with Crippen LogP contribution in [0.4, 0.5) is 0 Å². The number of benzene rings is 1. The number of aliphatic hydroxyl groups excluding tert-OH is 3. The fourth-order valence-corrected chi connectivity index (χ4v) is 8.61. The first-order valence-electron chi connectivity index (χ1n) is 12.9. The van der Waals surface area contributed by atoms with Gasteiger partial charge >= 0.3 is 17.9 Å². The Kier molecular flexibility index (Phi) is 5.57. The third kappa shape index (κ3) is 3.03. The predicted molar refractivity (Wildman–Crippen MR) is 129 cm³/mol. The van der Waals surface area contributed by atoms with Crippen LogP contribution < -0.4 is 0 Å². The maximum atomic E-state index is 13.5. The summed E-state index contributed by atoms with van der Waals surface area (Å²) < 4.78 is 22.7. The Morgan fingerprint density at radius 2 is 1.79 bits per heavy atom. The average Bonchev–Trinajstić information content (AvgIpc) is 3.23. The van der Waals surface area contributed by atoms with Crippen LogP contribution in [0, 0.1) is 28.6 Å². The summed E-state index contributed by atoms with van der Waals surface area (Å²) >= 11 is 0. The molecule has 2 aliphatic heterocycles. The van der Waals surface area contributed by atoms with Gasteiger partial charge in [-0.1, -0.05) is 25.1 Å². The Labute approximate surface area is 223 Å². The molecule has 5 aliphatic rings. The van der Waals surface area contributed by atoms with Gasteiger partial charge in [0.05, 0.1) is 31.3 Å². The minimum Gasteiger partial charge on any atom is -0.504 e. The molecule has 208 valence electrons. The van der Waals surface area contributed by atoms with Crippen LogP contribution in [0.15, 0.2) is 41.7 Å². The zero-order valence-corrected chi connectivity index (χ0v) is 21.7. The quantitative estimate of drug-likeness (QED) is 0.366. The van der Waals surface area contributed by atoms with E-state index in [0.29, 0.717) is 5.57 Å². The molecule has 6 rings (SSSR count). The summed E-state index contributed by atoms with van der Waals surface area (Å²) in [5, 5.41) is 33.8. The van der Waals surface area contributed by atoms with E-state index in [2.05, 4.69) is 0 Å². The highest BCUT2D eigenvalue weighted by Crippen LogP contribution is 2.72. The van der Waals surface area contributed by atoms with Crippen LogP contribution in [0.2, 0.25) is 0 Å². The molecule has 2 unspecified atom stereocenters. The Balaban J connectivity index is 1.55. The second kappa shape index (κ2) is 8.36. The lowest BCUT2D eigenvalue weighted by molar-refractivity contribution is -0.288. The number of rotatable bonds is 3. The number of ketones is 1. The van der Waals surface area contributed by atoms with Gasteiger partial charge in [-0.2, -0.15) is 0 Å². The molecule has 2 saturated carbocycles. The van der Waals surface area contributed by atoms with Gasteiger partial charge < -0.3 is 34.3 Å². The fourth-order valence-electron chi connectivity index (χ4n) is 8.61. The zero-order valence-electron chi connectivity index (χ0n) is 21.7. The van der Waals surface area contributed by atoms with Crippen molar-refractivity contribution in [3.63, 3.8) is 0 Å². The smallest absolute Gasteiger partial charge is 0.348 e. The molecule has 2 saturated heterocycles. The van der Waals surface area contributed by atoms with Gasteiger partial charge in [0.15, 0.2) is 11.5 Å². The second-order valence-electron chi connectivity index (χ2n) is 11.6. The summed E-state index contributed by atoms with van der Waals surface area (Å²) in [4.78, 5) is 53.0. The zero-order chi connectivity index (χ0) is 28.1. The molecule has 1 aromatic carbocycles. The number of carbonyl (C=O) groups is 4. The van der Waals surface area contributed by atoms with Crippen molar-refractivity contribution < 1.29 is 53.4 Å². The second-order valence-corrected chi connectivity index (χ2v) is 11.6. The molecule has 11 nitrogen and oxygen atoms in total. The maximum absolute atomic E-state index is 13.5. The van der Waals surface area contributed by atoms with Crippen molar-refractivity contribution in [2.45, 2.75) is 56.7 Å². The Morgan fingerprint density at radius 1 is 1.10 bits per heavy atom. The van der Waals surface area contributed by atoms with E-state index in [1.165, 1.54) is 12.1 Å². The lowest BCUT2D eigenvalue weighted by Crippen LogP contribution is -2.79. The van der Waals surface area contributed by atoms with E-state index in [1.54, 1.807) is 32.0 Å². The van der Waals surface area contributed by atoms with Gasteiger partial charge in [-0.15, -0.1) is 0 Å². The van der Waals surface area contributed by atoms with E-state index in [4.69, 9.17) is 18.9 Å². The number of carbonyl (C=O) groups excluding carboxylic acids is 4. The molecule has 0 amide bonds. The first-order valence-corrected chi connectivity index (χ1v) is 12.9. The summed E-state index contributed by atoms with van der Waals surface area (Å²) in [7, 11) is 1.09. The van der Waals surface area contributed by atoms with E-state index < -0.39 is 82.3 Å². The first kappa shape index (κ1) is 26.0. The number of methoxy groups -OCH3 is 1. The summed E-state index contributed by atoms with van der Waals surface area (Å²) in [5.41, 5.74) is -4.02. The SMILES string of the molecule is COC(=O)[C@@]12OC[C@]34C([C@@H](O)[C@@H]1O)[C@@]1(C)CC(=O)C(O)=C(C)C1C[C@H]3OC(=O)[C@H](OC(=O)c1ccccc1)[C@@H]24. The van der Waals surface area contributed by atoms with Crippen molar-refractivity contribution in [3.8, 4) is 0 Å². The molecule has 39 heavy (non-hydrogen) atoms. The monoisotopic (exact) mass is 542 g/mol. The minimum absolute atomic E-state index is 0.149. The summed E-state index contributed by atoms with van der Waals surface area (Å²) in [6, 6.07) is 7.96. The van der Waals surface area contributed by atoms with Crippen molar-refractivity contribution in [3.05, 3.63) is 47.2 Å². The van der Waals surface area contributed by atoms with Crippen molar-refractivity contribution >= 4 is 23.7 Å². The molecule has 2 bridgehead atoms. The van der Waals surface area contributed by atoms with Crippen LogP contribution in [0.1, 0.15) is 37.0 Å². The molecule has 0 radical (unpaired) electrons. The van der Waals surface area contributed by atoms with Gasteiger partial charge in [0, 0.05) is 17.8 Å². The fraction of sp³-hybridized carbons (Fsp3) is 0.571. The van der Waals surface area contributed by atoms with Crippen molar-refractivity contribution in [2.24, 2.45) is 28.6 Å². The molecule has 4 fully saturated rings. The predicted octanol–water partition coefficient (Wildman–Crippen LogP) is 0.865. The number of fused-ring (bicyclic) bond motifs is 2. The number of hydrogen-bond donors (Lipinski definition) is 3. The number of ether oxygens (including phenoxy) is 4. The number of hydrogen-bond acceptors (Lipinski definition) is 11. The van der Waals surface area contributed by atoms with E-state index in [1.807, 2.05) is 0 Å². The molecule has 10 atom stereocenters. The van der Waals surface area contributed by atoms with Crippen LogP contribution in [0.5, 0.6) is 0 Å². The van der Waals surface area contributed by atoms with Crippen molar-refractivity contribution in [1.29, 1.82) is 0 Å². The highest BCUT2D eigenvalue weighted by Gasteiger charge is 2.85. The summed E-state index contributed by atoms with van der Waals surface area (Å²) in [6.45, 7) is 3.18. The highest BCUT2D eigenvalue weighted by molar-refractivity contribution is 5.96. The van der Waals surface area contributed by atoms with Gasteiger partial charge in [0.25, 0.3) is 0 Å². The molecule has 3 aliphatic carbocycles. The molecule has 3 N–H and O–H groups in total. The molecular formula is C28H30O11. The van der Waals surface area contributed by atoms with Crippen LogP contribution in [-0.4, -0.2) is 82.7 Å². The molecule has 2 heterocycles. The molecule has 1 spiro atoms. The Hall–Kier alpha value is -3.28. The molecule has 0 aromatic heterocycles. The van der Waals surface area contributed by atoms with Gasteiger partial charge in [-0.05, 0) is 42.4 Å². The molecular weight excluding hydrogens is 512 g/mol. The number of allylic oxidation sites excluding steroid dienone is 2. The van der Waals surface area contributed by atoms with Crippen LogP contribution in [0.25, 0.3) is 0 Å². The average molecular weight is 543 g/mol. The number of esters is 3. The third-order valence-electron chi connectivity index (χ3n) is 10.1. The number of Topliss-reactive ketones (excluding diaryl/α,β-unsaturated/α-hetero) is 1. The van der Waals surface area contributed by atoms with E-state index in [0.717, 1.165) is 7.11 Å². The third-order valence-corrected chi connectivity index (χ3v) is 10.1. The molecule has 1 aromatic rings. The van der Waals surface area contributed by atoms with Crippen molar-refractivity contribution in [1.82, 2.24) is 0 Å².